The molecule has 1 aliphatic rings. The summed E-state index contributed by atoms with van der Waals surface area (Å²) in [4.78, 5) is 8.00. The third-order valence-electron chi connectivity index (χ3n) is 2.88. The maximum Gasteiger partial charge on any atom is 0.106 e. The van der Waals surface area contributed by atoms with Crippen LogP contribution in [0.3, 0.4) is 0 Å². The third kappa shape index (κ3) is 4.58. The van der Waals surface area contributed by atoms with Crippen molar-refractivity contribution in [3.63, 3.8) is 0 Å². The molecule has 1 aromatic rings. The third-order valence-corrected chi connectivity index (χ3v) is 2.88. The van der Waals surface area contributed by atoms with E-state index in [0.717, 1.165) is 6.61 Å². The first-order valence-electron chi connectivity index (χ1n) is 5.89. The molecular weight excluding hydrogens is 200 g/mol. The van der Waals surface area contributed by atoms with Gasteiger partial charge < -0.3 is 9.53 Å². The summed E-state index contributed by atoms with van der Waals surface area (Å²) >= 11 is 0. The smallest absolute Gasteiger partial charge is 0.106 e. The van der Waals surface area contributed by atoms with E-state index in [9.17, 15) is 0 Å². The number of hydrogen-bond donors (Lipinski definition) is 0. The monoisotopic (exact) mass is 220 g/mol. The Morgan fingerprint density at radius 2 is 1.69 bits per heavy atom. The van der Waals surface area contributed by atoms with Gasteiger partial charge in [0.2, 0.25) is 0 Å². The lowest BCUT2D eigenvalue weighted by Gasteiger charge is -2.21. The van der Waals surface area contributed by atoms with Crippen LogP contribution in [0.2, 0.25) is 0 Å². The average molecular weight is 220 g/mol. The van der Waals surface area contributed by atoms with Crippen LogP contribution in [0.15, 0.2) is 30.3 Å². The number of hydrogen-bond acceptors (Lipinski definition) is 2. The van der Waals surface area contributed by atoms with E-state index in [-0.39, 0.29) is 0 Å². The number of benzene rings is 1. The Bertz CT molecular complexity index is 265. The Morgan fingerprint density at radius 1 is 1.06 bits per heavy atom. The molecule has 0 aromatic heterocycles. The zero-order chi connectivity index (χ0) is 11.6. The zero-order valence-corrected chi connectivity index (χ0v) is 9.73. The summed E-state index contributed by atoms with van der Waals surface area (Å²) in [6.45, 7) is 2.78. The Balaban J connectivity index is 0.000000606. The summed E-state index contributed by atoms with van der Waals surface area (Å²) in [5.41, 5.74) is 1.29. The minimum Gasteiger partial charge on any atom is -0.374 e. The fourth-order valence-corrected chi connectivity index (χ4v) is 2.02. The summed E-state index contributed by atoms with van der Waals surface area (Å²) < 4.78 is 5.87. The summed E-state index contributed by atoms with van der Waals surface area (Å²) in [5.74, 6) is 0. The normalized spacial score (nSPS) is 16.2. The van der Waals surface area contributed by atoms with Gasteiger partial charge in [-0.25, -0.2) is 0 Å². The molecule has 0 heterocycles. The molecule has 0 bridgehead atoms. The fraction of sp³-hybridized carbons (Fsp3) is 0.500. The van der Waals surface area contributed by atoms with Gasteiger partial charge in [0.25, 0.3) is 0 Å². The molecule has 0 saturated heterocycles. The summed E-state index contributed by atoms with van der Waals surface area (Å²) in [5, 5.41) is 0. The van der Waals surface area contributed by atoms with E-state index in [1.165, 1.54) is 37.7 Å². The molecule has 0 radical (unpaired) electrons. The van der Waals surface area contributed by atoms with Crippen LogP contribution < -0.4 is 0 Å². The van der Waals surface area contributed by atoms with Crippen molar-refractivity contribution in [3.05, 3.63) is 35.9 Å². The minimum atomic E-state index is 0.518. The number of rotatable bonds is 3. The van der Waals surface area contributed by atoms with Gasteiger partial charge in [0.05, 0.1) is 12.7 Å². The first-order valence-corrected chi connectivity index (χ1v) is 5.89. The molecule has 2 heteroatoms. The SMILES string of the molecule is C=O.c1ccc(COC2CCCCC2)cc1. The van der Waals surface area contributed by atoms with E-state index in [1.54, 1.807) is 0 Å². The van der Waals surface area contributed by atoms with Gasteiger partial charge in [0.1, 0.15) is 6.79 Å². The topological polar surface area (TPSA) is 26.3 Å². The van der Waals surface area contributed by atoms with Crippen LogP contribution in [0.25, 0.3) is 0 Å². The molecule has 0 unspecified atom stereocenters. The van der Waals surface area contributed by atoms with Crippen molar-refractivity contribution in [2.45, 2.75) is 44.8 Å². The van der Waals surface area contributed by atoms with E-state index in [2.05, 4.69) is 24.3 Å². The van der Waals surface area contributed by atoms with E-state index in [1.807, 2.05) is 12.9 Å². The molecule has 88 valence electrons. The second-order valence-corrected chi connectivity index (χ2v) is 4.06. The lowest BCUT2D eigenvalue weighted by Crippen LogP contribution is -2.16. The maximum atomic E-state index is 8.00. The van der Waals surface area contributed by atoms with Gasteiger partial charge in [-0.05, 0) is 18.4 Å². The van der Waals surface area contributed by atoms with E-state index in [4.69, 9.17) is 9.53 Å². The van der Waals surface area contributed by atoms with Crippen molar-refractivity contribution >= 4 is 6.79 Å². The van der Waals surface area contributed by atoms with Gasteiger partial charge in [0, 0.05) is 0 Å². The highest BCUT2D eigenvalue weighted by Gasteiger charge is 2.13. The molecule has 0 spiro atoms. The van der Waals surface area contributed by atoms with Gasteiger partial charge in [-0.2, -0.15) is 0 Å². The van der Waals surface area contributed by atoms with Crippen molar-refractivity contribution in [1.82, 2.24) is 0 Å². The van der Waals surface area contributed by atoms with Gasteiger partial charge in [-0.3, -0.25) is 0 Å². The van der Waals surface area contributed by atoms with Crippen molar-refractivity contribution in [1.29, 1.82) is 0 Å². The molecule has 1 aliphatic carbocycles. The van der Waals surface area contributed by atoms with Gasteiger partial charge in [-0.15, -0.1) is 0 Å². The number of carbonyl (C=O) groups is 1. The molecule has 0 aliphatic heterocycles. The van der Waals surface area contributed by atoms with Crippen molar-refractivity contribution in [3.8, 4) is 0 Å². The second kappa shape index (κ2) is 8.05. The van der Waals surface area contributed by atoms with Gasteiger partial charge >= 0.3 is 0 Å². The minimum absolute atomic E-state index is 0.518. The predicted octanol–water partition coefficient (Wildman–Crippen LogP) is 3.35. The predicted molar refractivity (Wildman–Crippen MR) is 65.2 cm³/mol. The average Bonchev–Trinajstić information content (AvgIpc) is 2.41. The molecule has 1 fully saturated rings. The molecule has 0 amide bonds. The van der Waals surface area contributed by atoms with Gasteiger partial charge in [0.15, 0.2) is 0 Å². The standard InChI is InChI=1S/C13H18O.CH2O/c1-3-7-12(8-4-1)11-14-13-9-5-2-6-10-13;1-2/h1,3-4,7-8,13H,2,5-6,9-11H2;1H2. The quantitative estimate of drug-likeness (QED) is 0.780. The Hall–Kier alpha value is -1.15. The van der Waals surface area contributed by atoms with E-state index in [0.29, 0.717) is 6.10 Å². The van der Waals surface area contributed by atoms with Crippen LogP contribution in [-0.4, -0.2) is 12.9 Å². The Labute approximate surface area is 97.6 Å². The Kier molecular flexibility index (Phi) is 6.50. The summed E-state index contributed by atoms with van der Waals surface area (Å²) in [6.07, 6.45) is 7.12. The number of carbonyl (C=O) groups excluding carboxylic acids is 1. The molecular formula is C14H20O2. The van der Waals surface area contributed by atoms with Crippen molar-refractivity contribution in [2.75, 3.05) is 0 Å². The molecule has 1 saturated carbocycles. The lowest BCUT2D eigenvalue weighted by molar-refractivity contribution is -0.0979. The maximum absolute atomic E-state index is 8.00. The van der Waals surface area contributed by atoms with Gasteiger partial charge in [-0.1, -0.05) is 49.6 Å². The number of ether oxygens (including phenoxy) is 1. The summed E-state index contributed by atoms with van der Waals surface area (Å²) in [7, 11) is 0. The van der Waals surface area contributed by atoms with Crippen molar-refractivity contribution < 1.29 is 9.53 Å². The van der Waals surface area contributed by atoms with Crippen LogP contribution in [0.5, 0.6) is 0 Å². The highest BCUT2D eigenvalue weighted by molar-refractivity contribution is 5.13. The first kappa shape index (κ1) is 12.9. The van der Waals surface area contributed by atoms with Crippen molar-refractivity contribution in [2.24, 2.45) is 0 Å². The molecule has 2 rings (SSSR count). The summed E-state index contributed by atoms with van der Waals surface area (Å²) in [6, 6.07) is 10.4. The van der Waals surface area contributed by atoms with Crippen LogP contribution >= 0.6 is 0 Å². The highest BCUT2D eigenvalue weighted by atomic mass is 16.5. The molecule has 0 atom stereocenters. The first-order chi connectivity index (χ1) is 7.95. The van der Waals surface area contributed by atoms with E-state index < -0.39 is 0 Å². The lowest BCUT2D eigenvalue weighted by atomic mass is 9.98. The largest absolute Gasteiger partial charge is 0.374 e. The zero-order valence-electron chi connectivity index (χ0n) is 9.73. The molecule has 0 N–H and O–H groups in total. The van der Waals surface area contributed by atoms with Crippen LogP contribution in [0.1, 0.15) is 37.7 Å². The van der Waals surface area contributed by atoms with Crippen LogP contribution in [0.4, 0.5) is 0 Å². The Morgan fingerprint density at radius 3 is 2.31 bits per heavy atom. The molecule has 16 heavy (non-hydrogen) atoms. The van der Waals surface area contributed by atoms with Crippen LogP contribution in [-0.2, 0) is 16.1 Å². The fourth-order valence-electron chi connectivity index (χ4n) is 2.02. The molecule has 2 nitrogen and oxygen atoms in total. The highest BCUT2D eigenvalue weighted by Crippen LogP contribution is 2.21. The molecule has 1 aromatic carbocycles. The second-order valence-electron chi connectivity index (χ2n) is 4.06. The van der Waals surface area contributed by atoms with Crippen LogP contribution in [0, 0.1) is 0 Å². The van der Waals surface area contributed by atoms with E-state index >= 15 is 0 Å².